The van der Waals surface area contributed by atoms with Gasteiger partial charge in [-0.05, 0) is 46.7 Å². The molecule has 0 saturated heterocycles. The van der Waals surface area contributed by atoms with Crippen molar-refractivity contribution in [2.24, 2.45) is 12.0 Å². The van der Waals surface area contributed by atoms with Gasteiger partial charge in [0.05, 0.1) is 6.54 Å². The van der Waals surface area contributed by atoms with Crippen LogP contribution in [0.4, 0.5) is 0 Å². The van der Waals surface area contributed by atoms with Crippen LogP contribution < -0.4 is 10.6 Å². The summed E-state index contributed by atoms with van der Waals surface area (Å²) in [6, 6.07) is 8.33. The van der Waals surface area contributed by atoms with Gasteiger partial charge < -0.3 is 10.6 Å². The number of rotatable bonds is 8. The summed E-state index contributed by atoms with van der Waals surface area (Å²) in [6.45, 7) is 1.50. The quantitative estimate of drug-likeness (QED) is 0.303. The van der Waals surface area contributed by atoms with Crippen LogP contribution in [-0.2, 0) is 13.6 Å². The van der Waals surface area contributed by atoms with Gasteiger partial charge in [-0.25, -0.2) is 4.98 Å². The van der Waals surface area contributed by atoms with Gasteiger partial charge in [0, 0.05) is 30.0 Å². The predicted octanol–water partition coefficient (Wildman–Crippen LogP) is 2.82. The van der Waals surface area contributed by atoms with Crippen molar-refractivity contribution in [2.45, 2.75) is 24.3 Å². The van der Waals surface area contributed by atoms with Gasteiger partial charge in [0.2, 0.25) is 0 Å². The molecule has 0 aliphatic heterocycles. The summed E-state index contributed by atoms with van der Waals surface area (Å²) >= 11 is 5.46. The van der Waals surface area contributed by atoms with Crippen LogP contribution in [0, 0.1) is 0 Å². The lowest BCUT2D eigenvalue weighted by Gasteiger charge is -2.11. The number of unbranched alkanes of at least 4 members (excludes halogenated alkanes) is 1. The van der Waals surface area contributed by atoms with Gasteiger partial charge in [0.15, 0.2) is 5.96 Å². The van der Waals surface area contributed by atoms with E-state index in [4.69, 9.17) is 0 Å². The Labute approximate surface area is 155 Å². The van der Waals surface area contributed by atoms with E-state index in [0.29, 0.717) is 6.54 Å². The molecule has 0 aliphatic carbocycles. The van der Waals surface area contributed by atoms with Crippen LogP contribution in [0.15, 0.2) is 45.0 Å². The highest BCUT2D eigenvalue weighted by Gasteiger charge is 2.03. The Morgan fingerprint density at radius 3 is 2.83 bits per heavy atom. The largest absolute Gasteiger partial charge is 0.356 e. The number of aryl methyl sites for hydroxylation is 1. The normalized spacial score (nSPS) is 11.5. The standard InChI is InChI=1S/C16H23BrN6S/c1-18-16(20-11-15-21-12-22-23(15)2)19-9-5-6-10-24-14-8-4-3-7-13(14)17/h3-4,7-8,12H,5-6,9-11H2,1-2H3,(H2,18,19,20). The highest BCUT2D eigenvalue weighted by molar-refractivity contribution is 9.10. The molecule has 2 rings (SSSR count). The summed E-state index contributed by atoms with van der Waals surface area (Å²) in [5.74, 6) is 2.77. The van der Waals surface area contributed by atoms with Crippen LogP contribution in [-0.4, -0.2) is 40.1 Å². The maximum Gasteiger partial charge on any atom is 0.191 e. The maximum absolute atomic E-state index is 4.22. The number of halogens is 1. The number of nitrogens with zero attached hydrogens (tertiary/aromatic N) is 4. The molecule has 0 fully saturated rings. The molecule has 0 atom stereocenters. The zero-order chi connectivity index (χ0) is 17.2. The van der Waals surface area contributed by atoms with Gasteiger partial charge in [-0.3, -0.25) is 9.67 Å². The Bertz CT molecular complexity index is 658. The number of aromatic nitrogens is 3. The Hall–Kier alpha value is -1.54. The smallest absolute Gasteiger partial charge is 0.191 e. The van der Waals surface area contributed by atoms with E-state index in [9.17, 15) is 0 Å². The number of nitrogens with one attached hydrogen (secondary N) is 2. The van der Waals surface area contributed by atoms with Crippen LogP contribution in [0.2, 0.25) is 0 Å². The first-order chi connectivity index (χ1) is 11.7. The second-order valence-electron chi connectivity index (χ2n) is 5.14. The van der Waals surface area contributed by atoms with E-state index >= 15 is 0 Å². The molecule has 0 amide bonds. The Kier molecular flexibility index (Phi) is 8.11. The minimum absolute atomic E-state index is 0.605. The molecule has 1 heterocycles. The summed E-state index contributed by atoms with van der Waals surface area (Å²) in [5, 5.41) is 10.6. The highest BCUT2D eigenvalue weighted by Crippen LogP contribution is 2.27. The molecule has 6 nitrogen and oxygen atoms in total. The van der Waals surface area contributed by atoms with Gasteiger partial charge in [-0.1, -0.05) is 12.1 Å². The minimum atomic E-state index is 0.605. The molecule has 2 N–H and O–H groups in total. The lowest BCUT2D eigenvalue weighted by Crippen LogP contribution is -2.37. The molecule has 0 aliphatic rings. The average Bonchev–Trinajstić information content (AvgIpc) is 3.00. The van der Waals surface area contributed by atoms with Crippen LogP contribution >= 0.6 is 27.7 Å². The van der Waals surface area contributed by atoms with E-state index in [1.165, 1.54) is 9.37 Å². The van der Waals surface area contributed by atoms with E-state index in [1.54, 1.807) is 18.1 Å². The van der Waals surface area contributed by atoms with Crippen LogP contribution in [0.25, 0.3) is 0 Å². The van der Waals surface area contributed by atoms with Crippen molar-refractivity contribution in [3.05, 3.63) is 40.9 Å². The van der Waals surface area contributed by atoms with Gasteiger partial charge in [0.1, 0.15) is 12.2 Å². The zero-order valence-corrected chi connectivity index (χ0v) is 16.4. The third kappa shape index (κ3) is 6.16. The predicted molar refractivity (Wildman–Crippen MR) is 103 cm³/mol. The first kappa shape index (κ1) is 18.8. The third-order valence-corrected chi connectivity index (χ3v) is 5.51. The van der Waals surface area contributed by atoms with Crippen molar-refractivity contribution < 1.29 is 0 Å². The van der Waals surface area contributed by atoms with Crippen molar-refractivity contribution in [2.75, 3.05) is 19.3 Å². The van der Waals surface area contributed by atoms with Crippen molar-refractivity contribution in [3.63, 3.8) is 0 Å². The van der Waals surface area contributed by atoms with E-state index in [0.717, 1.165) is 36.9 Å². The number of guanidine groups is 1. The fourth-order valence-corrected chi connectivity index (χ4v) is 3.62. The number of thioether (sulfide) groups is 1. The third-order valence-electron chi connectivity index (χ3n) is 3.40. The summed E-state index contributed by atoms with van der Waals surface area (Å²) in [5.41, 5.74) is 0. The summed E-state index contributed by atoms with van der Waals surface area (Å²) in [6.07, 6.45) is 3.80. The van der Waals surface area contributed by atoms with E-state index in [1.807, 2.05) is 24.9 Å². The fraction of sp³-hybridized carbons (Fsp3) is 0.438. The van der Waals surface area contributed by atoms with E-state index in [-0.39, 0.29) is 0 Å². The minimum Gasteiger partial charge on any atom is -0.356 e. The second kappa shape index (κ2) is 10.4. The topological polar surface area (TPSA) is 67.1 Å². The van der Waals surface area contributed by atoms with Crippen molar-refractivity contribution in [3.8, 4) is 0 Å². The van der Waals surface area contributed by atoms with Gasteiger partial charge in [-0.2, -0.15) is 5.10 Å². The Morgan fingerprint density at radius 2 is 2.12 bits per heavy atom. The molecule has 8 heteroatoms. The fourth-order valence-electron chi connectivity index (χ4n) is 2.04. The van der Waals surface area contributed by atoms with Crippen molar-refractivity contribution in [1.29, 1.82) is 0 Å². The molecular weight excluding hydrogens is 388 g/mol. The molecule has 1 aromatic carbocycles. The van der Waals surface area contributed by atoms with Crippen LogP contribution in [0.5, 0.6) is 0 Å². The Balaban J connectivity index is 1.59. The lowest BCUT2D eigenvalue weighted by atomic mass is 10.3. The van der Waals surface area contributed by atoms with E-state index in [2.05, 4.69) is 59.8 Å². The van der Waals surface area contributed by atoms with Gasteiger partial charge in [-0.15, -0.1) is 11.8 Å². The van der Waals surface area contributed by atoms with E-state index < -0.39 is 0 Å². The van der Waals surface area contributed by atoms with Crippen LogP contribution in [0.3, 0.4) is 0 Å². The van der Waals surface area contributed by atoms with Crippen molar-refractivity contribution >= 4 is 33.7 Å². The molecule has 0 saturated carbocycles. The number of aliphatic imine (C=N–C) groups is 1. The van der Waals surface area contributed by atoms with Crippen LogP contribution in [0.1, 0.15) is 18.7 Å². The summed E-state index contributed by atoms with van der Waals surface area (Å²) < 4.78 is 2.92. The summed E-state index contributed by atoms with van der Waals surface area (Å²) in [4.78, 5) is 9.70. The number of hydrogen-bond donors (Lipinski definition) is 2. The molecule has 0 radical (unpaired) electrons. The van der Waals surface area contributed by atoms with Gasteiger partial charge >= 0.3 is 0 Å². The van der Waals surface area contributed by atoms with Crippen molar-refractivity contribution in [1.82, 2.24) is 25.4 Å². The first-order valence-electron chi connectivity index (χ1n) is 7.85. The lowest BCUT2D eigenvalue weighted by molar-refractivity contribution is 0.668. The molecule has 0 spiro atoms. The molecule has 2 aromatic rings. The molecule has 130 valence electrons. The number of benzene rings is 1. The zero-order valence-electron chi connectivity index (χ0n) is 14.0. The first-order valence-corrected chi connectivity index (χ1v) is 9.63. The monoisotopic (exact) mass is 410 g/mol. The molecule has 1 aromatic heterocycles. The van der Waals surface area contributed by atoms with Gasteiger partial charge in [0.25, 0.3) is 0 Å². The molecule has 0 bridgehead atoms. The molecular formula is C16H23BrN6S. The maximum atomic E-state index is 4.22. The second-order valence-corrected chi connectivity index (χ2v) is 7.13. The molecule has 24 heavy (non-hydrogen) atoms. The Morgan fingerprint density at radius 1 is 1.29 bits per heavy atom. The summed E-state index contributed by atoms with van der Waals surface area (Å²) in [7, 11) is 3.65. The SMILES string of the molecule is CN=C(NCCCCSc1ccccc1Br)NCc1ncnn1C. The molecule has 0 unspecified atom stereocenters. The average molecular weight is 411 g/mol. The number of hydrogen-bond acceptors (Lipinski definition) is 4. The highest BCUT2D eigenvalue weighted by atomic mass is 79.9.